The van der Waals surface area contributed by atoms with E-state index in [-0.39, 0.29) is 12.0 Å². The molecule has 1 N–H and O–H groups in total. The number of rotatable bonds is 5. The lowest BCUT2D eigenvalue weighted by Crippen LogP contribution is -2.41. The summed E-state index contributed by atoms with van der Waals surface area (Å²) in [5.41, 5.74) is 2.78. The smallest absolute Gasteiger partial charge is 0.256 e. The van der Waals surface area contributed by atoms with E-state index in [2.05, 4.69) is 22.2 Å². The minimum atomic E-state index is -0.117. The Morgan fingerprint density at radius 2 is 2.39 bits per heavy atom. The van der Waals surface area contributed by atoms with Gasteiger partial charge in [-0.3, -0.25) is 4.79 Å². The maximum Gasteiger partial charge on any atom is 0.256 e. The van der Waals surface area contributed by atoms with Crippen LogP contribution in [0, 0.1) is 0 Å². The van der Waals surface area contributed by atoms with Gasteiger partial charge in [0.2, 0.25) is 5.88 Å². The predicted molar refractivity (Wildman–Crippen MR) is 87.0 cm³/mol. The summed E-state index contributed by atoms with van der Waals surface area (Å²) in [6, 6.07) is 1.94. The van der Waals surface area contributed by atoms with Gasteiger partial charge in [0.15, 0.2) is 0 Å². The van der Waals surface area contributed by atoms with Gasteiger partial charge in [0.25, 0.3) is 5.91 Å². The molecule has 1 aromatic heterocycles. The third kappa shape index (κ3) is 3.82. The summed E-state index contributed by atoms with van der Waals surface area (Å²) < 4.78 is 11.0. The molecule has 1 atom stereocenters. The molecule has 23 heavy (non-hydrogen) atoms. The highest BCUT2D eigenvalue weighted by Gasteiger charge is 2.22. The van der Waals surface area contributed by atoms with E-state index in [0.29, 0.717) is 18.0 Å². The van der Waals surface area contributed by atoms with Gasteiger partial charge >= 0.3 is 0 Å². The lowest BCUT2D eigenvalue weighted by Gasteiger charge is -2.30. The normalized spacial score (nSPS) is 21.0. The zero-order chi connectivity index (χ0) is 16.2. The van der Waals surface area contributed by atoms with Gasteiger partial charge in [0, 0.05) is 25.3 Å². The minimum absolute atomic E-state index is 0.117. The average Bonchev–Trinajstić information content (AvgIpc) is 3.00. The second-order valence-corrected chi connectivity index (χ2v) is 6.30. The highest BCUT2D eigenvalue weighted by Crippen LogP contribution is 2.26. The predicted octanol–water partition coefficient (Wildman–Crippen LogP) is 1.03. The fourth-order valence-corrected chi connectivity index (χ4v) is 3.25. The van der Waals surface area contributed by atoms with E-state index < -0.39 is 0 Å². The van der Waals surface area contributed by atoms with Crippen molar-refractivity contribution in [3.63, 3.8) is 0 Å². The van der Waals surface area contributed by atoms with E-state index in [4.69, 9.17) is 9.47 Å². The monoisotopic (exact) mass is 319 g/mol. The molecular formula is C17H25N3O3. The van der Waals surface area contributed by atoms with Crippen molar-refractivity contribution in [2.45, 2.75) is 31.8 Å². The van der Waals surface area contributed by atoms with Gasteiger partial charge in [-0.05, 0) is 44.4 Å². The van der Waals surface area contributed by atoms with Crippen LogP contribution in [0.5, 0.6) is 5.88 Å². The van der Waals surface area contributed by atoms with Crippen LogP contribution in [-0.2, 0) is 17.6 Å². The molecule has 1 aliphatic carbocycles. The number of aryl methyl sites for hydroxylation is 2. The quantitative estimate of drug-likeness (QED) is 0.878. The first kappa shape index (κ1) is 16.2. The van der Waals surface area contributed by atoms with Gasteiger partial charge in [-0.15, -0.1) is 0 Å². The molecule has 1 fully saturated rings. The maximum atomic E-state index is 12.4. The molecule has 0 bridgehead atoms. The van der Waals surface area contributed by atoms with Crippen LogP contribution in [0.15, 0.2) is 6.07 Å². The average molecular weight is 319 g/mol. The summed E-state index contributed by atoms with van der Waals surface area (Å²) in [6.07, 6.45) is 4.07. The first-order valence-corrected chi connectivity index (χ1v) is 8.32. The van der Waals surface area contributed by atoms with Crippen molar-refractivity contribution in [2.24, 2.45) is 0 Å². The van der Waals surface area contributed by atoms with Crippen molar-refractivity contribution >= 4 is 5.91 Å². The molecule has 0 aromatic carbocycles. The van der Waals surface area contributed by atoms with Crippen molar-refractivity contribution in [3.8, 4) is 5.88 Å². The van der Waals surface area contributed by atoms with Gasteiger partial charge in [-0.1, -0.05) is 0 Å². The Hall–Kier alpha value is -1.66. The Kier molecular flexibility index (Phi) is 5.13. The molecule has 2 aliphatic rings. The van der Waals surface area contributed by atoms with Gasteiger partial charge < -0.3 is 19.7 Å². The summed E-state index contributed by atoms with van der Waals surface area (Å²) >= 11 is 0. The topological polar surface area (TPSA) is 63.7 Å². The third-order valence-corrected chi connectivity index (χ3v) is 4.55. The van der Waals surface area contributed by atoms with E-state index in [1.54, 1.807) is 7.11 Å². The molecule has 6 nitrogen and oxygen atoms in total. The molecule has 0 spiro atoms. The Balaban J connectivity index is 1.58. The highest BCUT2D eigenvalue weighted by atomic mass is 16.5. The summed E-state index contributed by atoms with van der Waals surface area (Å²) in [5, 5.41) is 2.97. The maximum absolute atomic E-state index is 12.4. The Labute approximate surface area is 137 Å². The van der Waals surface area contributed by atoms with Crippen molar-refractivity contribution in [2.75, 3.05) is 40.4 Å². The fraction of sp³-hybridized carbons (Fsp3) is 0.647. The summed E-state index contributed by atoms with van der Waals surface area (Å²) in [4.78, 5) is 19.2. The number of amides is 1. The van der Waals surface area contributed by atoms with Crippen LogP contribution in [-0.4, -0.2) is 62.3 Å². The second kappa shape index (κ2) is 7.27. The summed E-state index contributed by atoms with van der Waals surface area (Å²) in [7, 11) is 3.65. The number of pyridine rings is 1. The SMILES string of the molecule is COc1nc2c(cc1C(=O)NCCC1CN(C)CCO1)CCC2. The summed E-state index contributed by atoms with van der Waals surface area (Å²) in [6.45, 7) is 3.25. The molecule has 1 saturated heterocycles. The molecule has 0 radical (unpaired) electrons. The van der Waals surface area contributed by atoms with Crippen LogP contribution in [0.3, 0.4) is 0 Å². The first-order chi connectivity index (χ1) is 11.2. The van der Waals surface area contributed by atoms with Gasteiger partial charge in [-0.25, -0.2) is 4.98 Å². The molecule has 0 saturated carbocycles. The van der Waals surface area contributed by atoms with Crippen LogP contribution in [0.1, 0.15) is 34.5 Å². The van der Waals surface area contributed by atoms with E-state index in [1.807, 2.05) is 6.07 Å². The number of methoxy groups -OCH3 is 1. The van der Waals surface area contributed by atoms with E-state index in [9.17, 15) is 4.79 Å². The molecule has 1 unspecified atom stereocenters. The number of nitrogens with one attached hydrogen (secondary N) is 1. The second-order valence-electron chi connectivity index (χ2n) is 6.30. The molecule has 6 heteroatoms. The number of morpholine rings is 1. The number of hydrogen-bond acceptors (Lipinski definition) is 5. The molecular weight excluding hydrogens is 294 g/mol. The van der Waals surface area contributed by atoms with Crippen LogP contribution in [0.2, 0.25) is 0 Å². The molecule has 1 aliphatic heterocycles. The number of fused-ring (bicyclic) bond motifs is 1. The van der Waals surface area contributed by atoms with E-state index in [0.717, 1.165) is 51.1 Å². The lowest BCUT2D eigenvalue weighted by molar-refractivity contribution is -0.0226. The van der Waals surface area contributed by atoms with Gasteiger partial charge in [0.1, 0.15) is 5.56 Å². The van der Waals surface area contributed by atoms with Crippen molar-refractivity contribution in [1.29, 1.82) is 0 Å². The zero-order valence-electron chi connectivity index (χ0n) is 13.9. The molecule has 3 rings (SSSR count). The molecule has 1 aromatic rings. The Bertz CT molecular complexity index is 576. The van der Waals surface area contributed by atoms with Crippen LogP contribution in [0.25, 0.3) is 0 Å². The fourth-order valence-electron chi connectivity index (χ4n) is 3.25. The number of aromatic nitrogens is 1. The van der Waals surface area contributed by atoms with E-state index >= 15 is 0 Å². The van der Waals surface area contributed by atoms with Gasteiger partial charge in [-0.2, -0.15) is 0 Å². The van der Waals surface area contributed by atoms with E-state index in [1.165, 1.54) is 5.56 Å². The number of hydrogen-bond donors (Lipinski definition) is 1. The standard InChI is InChI=1S/C17H25N3O3/c1-20-8-9-23-13(11-20)6-7-18-16(21)14-10-12-4-3-5-15(12)19-17(14)22-2/h10,13H,3-9,11H2,1-2H3,(H,18,21). The Morgan fingerprint density at radius 1 is 1.52 bits per heavy atom. The molecule has 126 valence electrons. The van der Waals surface area contributed by atoms with Gasteiger partial charge in [0.05, 0.1) is 19.8 Å². The number of ether oxygens (including phenoxy) is 2. The van der Waals surface area contributed by atoms with Crippen molar-refractivity contribution < 1.29 is 14.3 Å². The van der Waals surface area contributed by atoms with Crippen molar-refractivity contribution in [3.05, 3.63) is 22.9 Å². The van der Waals surface area contributed by atoms with Crippen LogP contribution >= 0.6 is 0 Å². The molecule has 1 amide bonds. The Morgan fingerprint density at radius 3 is 3.17 bits per heavy atom. The number of likely N-dealkylation sites (N-methyl/N-ethyl adjacent to an activating group) is 1. The summed E-state index contributed by atoms with van der Waals surface area (Å²) in [5.74, 6) is 0.310. The van der Waals surface area contributed by atoms with Crippen LogP contribution < -0.4 is 10.1 Å². The third-order valence-electron chi connectivity index (χ3n) is 4.55. The van der Waals surface area contributed by atoms with Crippen molar-refractivity contribution in [1.82, 2.24) is 15.2 Å². The number of carbonyl (C=O) groups excluding carboxylic acids is 1. The largest absolute Gasteiger partial charge is 0.480 e. The number of nitrogens with zero attached hydrogens (tertiary/aromatic N) is 2. The lowest BCUT2D eigenvalue weighted by atomic mass is 10.1. The number of carbonyl (C=O) groups is 1. The minimum Gasteiger partial charge on any atom is -0.480 e. The highest BCUT2D eigenvalue weighted by molar-refractivity contribution is 5.96. The first-order valence-electron chi connectivity index (χ1n) is 8.32. The molecule has 2 heterocycles. The zero-order valence-corrected chi connectivity index (χ0v) is 13.9. The van der Waals surface area contributed by atoms with Crippen LogP contribution in [0.4, 0.5) is 0 Å².